The molecule has 4 aliphatic rings. The van der Waals surface area contributed by atoms with Crippen molar-refractivity contribution in [2.24, 2.45) is 5.92 Å². The summed E-state index contributed by atoms with van der Waals surface area (Å²) in [5, 5.41) is 4.24. The number of carbonyl (C=O) groups is 1. The number of allylic oxidation sites excluding steroid dienone is 1. The normalized spacial score (nSPS) is 18.7. The standard InChI is InChI=1S/C18H18S.C10H12.C8H8OS/c1-12-11-17-16(9-10-19-17)18(12)15-8-4-6-13-5-2-3-7-14(13)15;1-2-6-10-8-4-3-7-9(10)5-1;1-5-4-7-6(8(5)9)2-3-10-7/h4,6,8-10H,2-3,5,7,11H2,1H3;1-2,5-6H,3-4,7-8H2;2-3,5H,4H2,1H3. The first-order valence-corrected chi connectivity index (χ1v) is 16.4. The first kappa shape index (κ1) is 26.5. The molecule has 39 heavy (non-hydrogen) atoms. The van der Waals surface area contributed by atoms with Crippen LogP contribution in [-0.4, -0.2) is 5.78 Å². The average Bonchev–Trinajstić information content (AvgIpc) is 3.74. The van der Waals surface area contributed by atoms with Crippen LogP contribution in [0.4, 0.5) is 0 Å². The molecule has 4 aromatic rings. The summed E-state index contributed by atoms with van der Waals surface area (Å²) in [5.74, 6) is 0.568. The number of benzene rings is 2. The minimum atomic E-state index is 0.238. The number of aryl methyl sites for hydroxylation is 3. The molecule has 0 fully saturated rings. The summed E-state index contributed by atoms with van der Waals surface area (Å²) in [5.41, 5.74) is 13.5. The Balaban J connectivity index is 0.000000117. The van der Waals surface area contributed by atoms with Gasteiger partial charge >= 0.3 is 0 Å². The molecule has 0 amide bonds. The number of hydrogen-bond donors (Lipinski definition) is 0. The lowest BCUT2D eigenvalue weighted by atomic mass is 9.84. The highest BCUT2D eigenvalue weighted by Gasteiger charge is 2.27. The quantitative estimate of drug-likeness (QED) is 0.231. The molecule has 2 aromatic carbocycles. The molecule has 0 radical (unpaired) electrons. The van der Waals surface area contributed by atoms with Crippen molar-refractivity contribution >= 4 is 34.0 Å². The van der Waals surface area contributed by atoms with Crippen LogP contribution in [0, 0.1) is 5.92 Å². The minimum absolute atomic E-state index is 0.238. The van der Waals surface area contributed by atoms with Crippen LogP contribution in [0.15, 0.2) is 70.9 Å². The van der Waals surface area contributed by atoms with E-state index in [0.717, 1.165) is 18.4 Å². The van der Waals surface area contributed by atoms with Crippen LogP contribution in [-0.2, 0) is 38.5 Å². The van der Waals surface area contributed by atoms with Gasteiger partial charge in [0.15, 0.2) is 5.78 Å². The van der Waals surface area contributed by atoms with Gasteiger partial charge in [-0.3, -0.25) is 4.79 Å². The number of thiophene rings is 2. The second kappa shape index (κ2) is 11.8. The Morgan fingerprint density at radius 1 is 0.667 bits per heavy atom. The molecule has 1 unspecified atom stereocenters. The van der Waals surface area contributed by atoms with Gasteiger partial charge in [0.2, 0.25) is 0 Å². The molecule has 3 heteroatoms. The summed E-state index contributed by atoms with van der Waals surface area (Å²) >= 11 is 3.61. The van der Waals surface area contributed by atoms with Crippen molar-refractivity contribution in [3.8, 4) is 0 Å². The van der Waals surface area contributed by atoms with E-state index in [4.69, 9.17) is 0 Å². The van der Waals surface area contributed by atoms with Gasteiger partial charge in [-0.2, -0.15) is 0 Å². The third kappa shape index (κ3) is 5.49. The average molecular weight is 551 g/mol. The fourth-order valence-corrected chi connectivity index (χ4v) is 8.66. The Morgan fingerprint density at radius 3 is 2.00 bits per heavy atom. The van der Waals surface area contributed by atoms with Crippen molar-refractivity contribution in [3.05, 3.63) is 120 Å². The van der Waals surface area contributed by atoms with Crippen molar-refractivity contribution in [2.75, 3.05) is 0 Å². The fraction of sp³-hybridized carbons (Fsp3) is 0.361. The highest BCUT2D eigenvalue weighted by Crippen LogP contribution is 2.42. The van der Waals surface area contributed by atoms with Crippen LogP contribution >= 0.6 is 22.7 Å². The molecule has 0 aliphatic heterocycles. The SMILES string of the molecule is CC1=C(c2cccc3c2CCCC3)c2ccsc2C1.CC1Cc2sccc2C1=O.c1ccc2c(c1)CCCC2. The molecular weight excluding hydrogens is 513 g/mol. The van der Waals surface area contributed by atoms with Crippen molar-refractivity contribution in [3.63, 3.8) is 0 Å². The first-order chi connectivity index (χ1) is 19.1. The summed E-state index contributed by atoms with van der Waals surface area (Å²) in [7, 11) is 0. The zero-order valence-corrected chi connectivity index (χ0v) is 24.9. The molecule has 2 aromatic heterocycles. The van der Waals surface area contributed by atoms with E-state index in [1.165, 1.54) is 72.9 Å². The first-order valence-electron chi connectivity index (χ1n) is 14.6. The van der Waals surface area contributed by atoms with E-state index in [0.29, 0.717) is 5.78 Å². The predicted molar refractivity (Wildman–Crippen MR) is 167 cm³/mol. The summed E-state index contributed by atoms with van der Waals surface area (Å²) in [4.78, 5) is 14.1. The Bertz CT molecular complexity index is 1490. The summed E-state index contributed by atoms with van der Waals surface area (Å²) < 4.78 is 0. The van der Waals surface area contributed by atoms with E-state index in [2.05, 4.69) is 60.8 Å². The van der Waals surface area contributed by atoms with Crippen LogP contribution in [0.2, 0.25) is 0 Å². The molecule has 0 N–H and O–H groups in total. The molecule has 1 nitrogen and oxygen atoms in total. The topological polar surface area (TPSA) is 17.1 Å². The van der Waals surface area contributed by atoms with Crippen molar-refractivity contribution in [2.45, 2.75) is 78.1 Å². The van der Waals surface area contributed by atoms with Crippen LogP contribution in [0.25, 0.3) is 5.57 Å². The van der Waals surface area contributed by atoms with Crippen LogP contribution in [0.1, 0.15) is 93.0 Å². The van der Waals surface area contributed by atoms with Gasteiger partial charge in [-0.1, -0.05) is 55.0 Å². The third-order valence-corrected chi connectivity index (χ3v) is 10.6. The monoisotopic (exact) mass is 550 g/mol. The number of Topliss-reactive ketones (excluding diaryl/α,β-unsaturated/α-hetero) is 1. The van der Waals surface area contributed by atoms with Crippen LogP contribution < -0.4 is 0 Å². The van der Waals surface area contributed by atoms with Crippen molar-refractivity contribution in [1.82, 2.24) is 0 Å². The Kier molecular flexibility index (Phi) is 7.99. The van der Waals surface area contributed by atoms with Gasteiger partial charge in [-0.25, -0.2) is 0 Å². The smallest absolute Gasteiger partial charge is 0.167 e. The van der Waals surface area contributed by atoms with E-state index in [9.17, 15) is 4.79 Å². The third-order valence-electron chi connectivity index (χ3n) is 8.74. The number of carbonyl (C=O) groups excluding carboxylic acids is 1. The van der Waals surface area contributed by atoms with E-state index in [1.54, 1.807) is 44.0 Å². The summed E-state index contributed by atoms with van der Waals surface area (Å²) in [6.07, 6.45) is 12.7. The summed E-state index contributed by atoms with van der Waals surface area (Å²) in [6.45, 7) is 4.30. The Labute approximate surface area is 241 Å². The predicted octanol–water partition coefficient (Wildman–Crippen LogP) is 9.69. The number of hydrogen-bond acceptors (Lipinski definition) is 3. The van der Waals surface area contributed by atoms with Gasteiger partial charge in [-0.15, -0.1) is 22.7 Å². The van der Waals surface area contributed by atoms with Gasteiger partial charge < -0.3 is 0 Å². The van der Waals surface area contributed by atoms with Crippen molar-refractivity contribution in [1.29, 1.82) is 0 Å². The van der Waals surface area contributed by atoms with Gasteiger partial charge in [0.1, 0.15) is 0 Å². The lowest BCUT2D eigenvalue weighted by Gasteiger charge is -2.20. The second-order valence-electron chi connectivity index (χ2n) is 11.4. The maximum atomic E-state index is 11.3. The van der Waals surface area contributed by atoms with Gasteiger partial charge in [0.25, 0.3) is 0 Å². The van der Waals surface area contributed by atoms with E-state index in [1.807, 2.05) is 29.7 Å². The van der Waals surface area contributed by atoms with E-state index >= 15 is 0 Å². The van der Waals surface area contributed by atoms with Crippen LogP contribution in [0.5, 0.6) is 0 Å². The highest BCUT2D eigenvalue weighted by atomic mass is 32.1. The largest absolute Gasteiger partial charge is 0.294 e. The fourth-order valence-electron chi connectivity index (χ4n) is 6.68. The Hall–Kier alpha value is -2.75. The molecule has 4 aliphatic carbocycles. The van der Waals surface area contributed by atoms with E-state index in [-0.39, 0.29) is 5.92 Å². The molecule has 1 atom stereocenters. The molecule has 0 spiro atoms. The molecule has 2 heterocycles. The highest BCUT2D eigenvalue weighted by molar-refractivity contribution is 7.10. The molecular formula is C36H38OS2. The zero-order chi connectivity index (χ0) is 26.8. The lowest BCUT2D eigenvalue weighted by Crippen LogP contribution is -2.06. The molecule has 200 valence electrons. The van der Waals surface area contributed by atoms with Crippen LogP contribution in [0.3, 0.4) is 0 Å². The van der Waals surface area contributed by atoms with E-state index < -0.39 is 0 Å². The maximum Gasteiger partial charge on any atom is 0.167 e. The molecule has 0 saturated heterocycles. The Morgan fingerprint density at radius 2 is 1.28 bits per heavy atom. The zero-order valence-electron chi connectivity index (χ0n) is 23.2. The number of rotatable bonds is 1. The molecule has 8 rings (SSSR count). The number of fused-ring (bicyclic) bond motifs is 4. The minimum Gasteiger partial charge on any atom is -0.294 e. The van der Waals surface area contributed by atoms with Crippen molar-refractivity contribution < 1.29 is 4.79 Å². The maximum absolute atomic E-state index is 11.3. The van der Waals surface area contributed by atoms with Gasteiger partial charge in [0.05, 0.1) is 0 Å². The second-order valence-corrected chi connectivity index (χ2v) is 13.4. The molecule has 0 bridgehead atoms. The summed E-state index contributed by atoms with van der Waals surface area (Å²) in [6, 6.07) is 20.0. The van der Waals surface area contributed by atoms with Gasteiger partial charge in [0, 0.05) is 27.7 Å². The number of ketones is 1. The van der Waals surface area contributed by atoms with Gasteiger partial charge in [-0.05, 0) is 127 Å². The molecule has 0 saturated carbocycles. The lowest BCUT2D eigenvalue weighted by molar-refractivity contribution is 0.0946.